The molecule has 3 N–H and O–H groups in total. The first-order valence-electron chi connectivity index (χ1n) is 9.20. The maximum atomic E-state index is 12.3. The molecule has 27 heavy (non-hydrogen) atoms. The van der Waals surface area contributed by atoms with Crippen molar-refractivity contribution in [2.24, 2.45) is 4.99 Å². The van der Waals surface area contributed by atoms with Crippen LogP contribution in [0.5, 0.6) is 0 Å². The van der Waals surface area contributed by atoms with Crippen molar-refractivity contribution in [1.29, 1.82) is 0 Å². The number of nitrogens with zero attached hydrogens (tertiary/aromatic N) is 1. The lowest BCUT2D eigenvalue weighted by Gasteiger charge is -2.13. The minimum absolute atomic E-state index is 0. The van der Waals surface area contributed by atoms with E-state index in [1.807, 2.05) is 12.1 Å². The highest BCUT2D eigenvalue weighted by Gasteiger charge is 2.20. The van der Waals surface area contributed by atoms with Gasteiger partial charge in [0.25, 0.3) is 0 Å². The van der Waals surface area contributed by atoms with Gasteiger partial charge in [-0.1, -0.05) is 25.5 Å². The monoisotopic (exact) mass is 510 g/mol. The molecular weight excluding hydrogens is 479 g/mol. The number of unbranched alkanes of at least 4 members (excludes halogenated alkanes) is 1. The van der Waals surface area contributed by atoms with E-state index in [9.17, 15) is 8.42 Å². The van der Waals surface area contributed by atoms with Crippen LogP contribution in [0.15, 0.2) is 34.2 Å². The van der Waals surface area contributed by atoms with Crippen LogP contribution in [0.25, 0.3) is 0 Å². The van der Waals surface area contributed by atoms with Crippen LogP contribution in [0.3, 0.4) is 0 Å². The normalized spacial score (nSPS) is 17.4. The largest absolute Gasteiger partial charge is 0.377 e. The first-order valence-corrected chi connectivity index (χ1v) is 10.7. The maximum absolute atomic E-state index is 12.3. The zero-order valence-corrected chi connectivity index (χ0v) is 19.2. The Morgan fingerprint density at radius 3 is 2.59 bits per heavy atom. The number of benzene rings is 1. The minimum Gasteiger partial charge on any atom is -0.377 e. The van der Waals surface area contributed by atoms with Gasteiger partial charge in [-0.2, -0.15) is 0 Å². The van der Waals surface area contributed by atoms with E-state index >= 15 is 0 Å². The predicted octanol–water partition coefficient (Wildman–Crippen LogP) is 2.23. The SMILES string of the molecule is CCCCNC(=NC)NCc1ccc(S(=O)(=O)NCC2CCCO2)cc1.I. The van der Waals surface area contributed by atoms with Gasteiger partial charge in [-0.3, -0.25) is 4.99 Å². The highest BCUT2D eigenvalue weighted by molar-refractivity contribution is 14.0. The van der Waals surface area contributed by atoms with E-state index in [2.05, 4.69) is 27.3 Å². The molecule has 1 aromatic carbocycles. The summed E-state index contributed by atoms with van der Waals surface area (Å²) in [4.78, 5) is 4.44. The van der Waals surface area contributed by atoms with Crippen LogP contribution in [-0.4, -0.2) is 47.2 Å². The molecule has 1 aliphatic rings. The van der Waals surface area contributed by atoms with E-state index < -0.39 is 10.0 Å². The molecule has 0 amide bonds. The molecule has 1 aliphatic heterocycles. The average molecular weight is 510 g/mol. The van der Waals surface area contributed by atoms with Crippen molar-refractivity contribution in [2.45, 2.75) is 50.2 Å². The number of ether oxygens (including phenoxy) is 1. The lowest BCUT2D eigenvalue weighted by Crippen LogP contribution is -2.37. The predicted molar refractivity (Wildman–Crippen MR) is 119 cm³/mol. The standard InChI is InChI=1S/C18H30N4O3S.HI/c1-3-4-11-20-18(19-2)21-13-15-7-9-17(10-8-15)26(23,24)22-14-16-6-5-12-25-16;/h7-10,16,22H,3-6,11-14H2,1-2H3,(H2,19,20,21);1H. The van der Waals surface area contributed by atoms with Gasteiger partial charge < -0.3 is 15.4 Å². The molecule has 1 aromatic rings. The summed E-state index contributed by atoms with van der Waals surface area (Å²) in [7, 11) is -1.77. The van der Waals surface area contributed by atoms with Crippen molar-refractivity contribution < 1.29 is 13.2 Å². The maximum Gasteiger partial charge on any atom is 0.240 e. The fourth-order valence-corrected chi connectivity index (χ4v) is 3.73. The minimum atomic E-state index is -3.50. The number of halogens is 1. The number of aliphatic imine (C=N–C) groups is 1. The third-order valence-electron chi connectivity index (χ3n) is 4.27. The Bertz CT molecular complexity index is 674. The number of nitrogens with one attached hydrogen (secondary N) is 3. The average Bonchev–Trinajstić information content (AvgIpc) is 3.17. The molecule has 0 aliphatic carbocycles. The van der Waals surface area contributed by atoms with Crippen LogP contribution >= 0.6 is 24.0 Å². The van der Waals surface area contributed by atoms with Gasteiger partial charge in [0.2, 0.25) is 10.0 Å². The fourth-order valence-electron chi connectivity index (χ4n) is 2.67. The zero-order chi connectivity index (χ0) is 18.8. The second-order valence-electron chi connectivity index (χ2n) is 6.34. The van der Waals surface area contributed by atoms with Gasteiger partial charge in [0.15, 0.2) is 5.96 Å². The number of hydrogen-bond acceptors (Lipinski definition) is 4. The molecule has 0 bridgehead atoms. The molecule has 1 heterocycles. The molecule has 1 fully saturated rings. The highest BCUT2D eigenvalue weighted by Crippen LogP contribution is 2.14. The molecule has 0 aromatic heterocycles. The first-order chi connectivity index (χ1) is 12.5. The molecule has 7 nitrogen and oxygen atoms in total. The first kappa shape index (κ1) is 24.1. The van der Waals surface area contributed by atoms with Crippen LogP contribution in [0.1, 0.15) is 38.2 Å². The van der Waals surface area contributed by atoms with E-state index in [0.29, 0.717) is 19.7 Å². The number of sulfonamides is 1. The molecule has 0 spiro atoms. The van der Waals surface area contributed by atoms with Crippen molar-refractivity contribution in [2.75, 3.05) is 26.7 Å². The van der Waals surface area contributed by atoms with E-state index in [1.165, 1.54) is 0 Å². The van der Waals surface area contributed by atoms with Crippen LogP contribution in [0, 0.1) is 0 Å². The summed E-state index contributed by atoms with van der Waals surface area (Å²) >= 11 is 0. The van der Waals surface area contributed by atoms with Gasteiger partial charge in [-0.25, -0.2) is 13.1 Å². The Balaban J connectivity index is 0.00000364. The van der Waals surface area contributed by atoms with Crippen molar-refractivity contribution in [3.63, 3.8) is 0 Å². The molecule has 154 valence electrons. The van der Waals surface area contributed by atoms with E-state index in [0.717, 1.165) is 43.8 Å². The van der Waals surface area contributed by atoms with Crippen molar-refractivity contribution in [1.82, 2.24) is 15.4 Å². The summed E-state index contributed by atoms with van der Waals surface area (Å²) < 4.78 is 32.8. The van der Waals surface area contributed by atoms with Crippen molar-refractivity contribution >= 4 is 40.0 Å². The van der Waals surface area contributed by atoms with Crippen molar-refractivity contribution in [3.8, 4) is 0 Å². The topological polar surface area (TPSA) is 91.8 Å². The third kappa shape index (κ3) is 8.32. The second-order valence-corrected chi connectivity index (χ2v) is 8.10. The molecule has 0 saturated carbocycles. The van der Waals surface area contributed by atoms with Gasteiger partial charge >= 0.3 is 0 Å². The summed E-state index contributed by atoms with van der Waals surface area (Å²) in [5.74, 6) is 0.744. The van der Waals surface area contributed by atoms with Gasteiger partial charge in [0, 0.05) is 33.3 Å². The highest BCUT2D eigenvalue weighted by atomic mass is 127. The van der Waals surface area contributed by atoms with E-state index in [4.69, 9.17) is 4.74 Å². The Morgan fingerprint density at radius 1 is 1.26 bits per heavy atom. The van der Waals surface area contributed by atoms with Crippen LogP contribution in [0.4, 0.5) is 0 Å². The third-order valence-corrected chi connectivity index (χ3v) is 5.70. The van der Waals surface area contributed by atoms with Gasteiger partial charge in [0.1, 0.15) is 0 Å². The van der Waals surface area contributed by atoms with Gasteiger partial charge in [-0.05, 0) is 37.0 Å². The smallest absolute Gasteiger partial charge is 0.240 e. The summed E-state index contributed by atoms with van der Waals surface area (Å²) in [5.41, 5.74) is 0.988. The molecule has 0 radical (unpaired) electrons. The Kier molecular flexibility index (Phi) is 11.2. The molecule has 1 unspecified atom stereocenters. The number of rotatable bonds is 9. The molecule has 9 heteroatoms. The molecule has 1 atom stereocenters. The van der Waals surface area contributed by atoms with Crippen LogP contribution in [-0.2, 0) is 21.3 Å². The summed E-state index contributed by atoms with van der Waals surface area (Å²) in [6, 6.07) is 6.88. The fraction of sp³-hybridized carbons (Fsp3) is 0.611. The number of guanidine groups is 1. The Morgan fingerprint density at radius 2 is 2.00 bits per heavy atom. The Hall–Kier alpha value is -0.910. The lowest BCUT2D eigenvalue weighted by atomic mass is 10.2. The lowest BCUT2D eigenvalue weighted by molar-refractivity contribution is 0.114. The Labute approximate surface area is 179 Å². The van der Waals surface area contributed by atoms with Gasteiger partial charge in [0.05, 0.1) is 11.0 Å². The summed E-state index contributed by atoms with van der Waals surface area (Å²) in [6.07, 6.45) is 4.10. The molecule has 2 rings (SSSR count). The molecular formula is C18H31IN4O3S. The summed E-state index contributed by atoms with van der Waals surface area (Å²) in [6.45, 7) is 4.64. The van der Waals surface area contributed by atoms with Crippen molar-refractivity contribution in [3.05, 3.63) is 29.8 Å². The van der Waals surface area contributed by atoms with E-state index in [-0.39, 0.29) is 35.0 Å². The van der Waals surface area contributed by atoms with E-state index in [1.54, 1.807) is 19.2 Å². The zero-order valence-electron chi connectivity index (χ0n) is 16.0. The quantitative estimate of drug-likeness (QED) is 0.205. The number of hydrogen-bond donors (Lipinski definition) is 3. The van der Waals surface area contributed by atoms with Gasteiger partial charge in [-0.15, -0.1) is 24.0 Å². The summed E-state index contributed by atoms with van der Waals surface area (Å²) in [5, 5.41) is 6.46. The second kappa shape index (κ2) is 12.5. The van der Waals surface area contributed by atoms with Crippen LogP contribution in [0.2, 0.25) is 0 Å². The molecule has 1 saturated heterocycles. The van der Waals surface area contributed by atoms with Crippen LogP contribution < -0.4 is 15.4 Å².